The second kappa shape index (κ2) is 7.25. The van der Waals surface area contributed by atoms with Crippen molar-refractivity contribution in [3.63, 3.8) is 0 Å². The molecule has 0 bridgehead atoms. The number of nitrogens with one attached hydrogen (secondary N) is 1. The lowest BCUT2D eigenvalue weighted by Gasteiger charge is -2.14. The smallest absolute Gasteiger partial charge is 0.287 e. The minimum Gasteiger partial charge on any atom is -0.373 e. The van der Waals surface area contributed by atoms with Gasteiger partial charge in [-0.05, 0) is 14.1 Å². The first-order chi connectivity index (χ1) is 9.32. The predicted molar refractivity (Wildman–Crippen MR) is 79.2 cm³/mol. The Morgan fingerprint density at radius 1 is 1.40 bits per heavy atom. The molecule has 7 nitrogen and oxygen atoms in total. The molecule has 0 radical (unpaired) electrons. The van der Waals surface area contributed by atoms with Gasteiger partial charge in [0.2, 0.25) is 5.91 Å². The molecule has 0 aliphatic rings. The zero-order chi connectivity index (χ0) is 15.3. The molecule has 0 saturated heterocycles. The zero-order valence-electron chi connectivity index (χ0n) is 12.2. The first kappa shape index (κ1) is 16.5. The summed E-state index contributed by atoms with van der Waals surface area (Å²) in [4.78, 5) is 26.9. The van der Waals surface area contributed by atoms with Gasteiger partial charge in [-0.2, -0.15) is 5.10 Å². The highest BCUT2D eigenvalue weighted by Gasteiger charge is 2.11. The van der Waals surface area contributed by atoms with Gasteiger partial charge < -0.3 is 15.1 Å². The Balaban J connectivity index is 2.79. The molecule has 0 spiro atoms. The highest BCUT2D eigenvalue weighted by Crippen LogP contribution is 2.14. The Kier molecular flexibility index (Phi) is 5.97. The van der Waals surface area contributed by atoms with Crippen LogP contribution in [-0.4, -0.2) is 66.8 Å². The van der Waals surface area contributed by atoms with Crippen LogP contribution in [0.25, 0.3) is 0 Å². The summed E-state index contributed by atoms with van der Waals surface area (Å²) in [5.41, 5.74) is 0.00351. The number of amides is 1. The first-order valence-electron chi connectivity index (χ1n) is 6.17. The lowest BCUT2D eigenvalue weighted by atomic mass is 10.4. The van der Waals surface area contributed by atoms with Gasteiger partial charge in [-0.1, -0.05) is 11.6 Å². The molecule has 1 heterocycles. The summed E-state index contributed by atoms with van der Waals surface area (Å²) in [6.07, 6.45) is 1.46. The zero-order valence-corrected chi connectivity index (χ0v) is 12.9. The third kappa shape index (κ3) is 4.50. The monoisotopic (exact) mass is 301 g/mol. The van der Waals surface area contributed by atoms with Gasteiger partial charge in [0.25, 0.3) is 5.56 Å². The van der Waals surface area contributed by atoms with Crippen LogP contribution in [0, 0.1) is 0 Å². The summed E-state index contributed by atoms with van der Waals surface area (Å²) in [6.45, 7) is 1.22. The fourth-order valence-electron chi connectivity index (χ4n) is 1.37. The molecule has 1 amide bonds. The van der Waals surface area contributed by atoms with Crippen LogP contribution >= 0.6 is 11.6 Å². The van der Waals surface area contributed by atoms with Gasteiger partial charge in [-0.3, -0.25) is 9.59 Å². The van der Waals surface area contributed by atoms with Crippen LogP contribution in [0.15, 0.2) is 11.0 Å². The third-order valence-corrected chi connectivity index (χ3v) is 3.04. The third-order valence-electron chi connectivity index (χ3n) is 2.67. The number of anilines is 1. The van der Waals surface area contributed by atoms with Crippen molar-refractivity contribution in [2.75, 3.05) is 46.6 Å². The fraction of sp³-hybridized carbons (Fsp3) is 0.583. The van der Waals surface area contributed by atoms with E-state index in [0.29, 0.717) is 18.8 Å². The molecule has 8 heteroatoms. The Labute approximate surface area is 123 Å². The lowest BCUT2D eigenvalue weighted by molar-refractivity contribution is -0.126. The second-order valence-electron chi connectivity index (χ2n) is 4.85. The normalized spacial score (nSPS) is 10.7. The maximum absolute atomic E-state index is 12.0. The number of nitrogens with zero attached hydrogens (tertiary/aromatic N) is 4. The van der Waals surface area contributed by atoms with E-state index in [0.717, 1.165) is 0 Å². The van der Waals surface area contributed by atoms with Gasteiger partial charge in [0.15, 0.2) is 0 Å². The number of halogens is 1. The van der Waals surface area contributed by atoms with E-state index in [-0.39, 0.29) is 23.0 Å². The predicted octanol–water partition coefficient (Wildman–Crippen LogP) is -0.0416. The molecule has 0 aliphatic heterocycles. The first-order valence-corrected chi connectivity index (χ1v) is 6.55. The highest BCUT2D eigenvalue weighted by atomic mass is 35.5. The van der Waals surface area contributed by atoms with Crippen LogP contribution in [0.4, 0.5) is 5.69 Å². The summed E-state index contributed by atoms with van der Waals surface area (Å²) in [5.74, 6) is -0.113. The van der Waals surface area contributed by atoms with E-state index >= 15 is 0 Å². The van der Waals surface area contributed by atoms with Crippen molar-refractivity contribution in [1.29, 1.82) is 0 Å². The number of carbonyl (C=O) groups excluding carboxylic acids is 1. The van der Waals surface area contributed by atoms with Crippen LogP contribution in [0.3, 0.4) is 0 Å². The van der Waals surface area contributed by atoms with Crippen LogP contribution in [0.2, 0.25) is 5.02 Å². The summed E-state index contributed by atoms with van der Waals surface area (Å²) in [7, 11) is 7.14. The number of likely N-dealkylation sites (N-methyl/N-ethyl adjacent to an activating group) is 2. The minimum atomic E-state index is -0.365. The van der Waals surface area contributed by atoms with Crippen LogP contribution in [0.1, 0.15) is 0 Å². The summed E-state index contributed by atoms with van der Waals surface area (Å²) in [6, 6.07) is 0. The molecule has 0 unspecified atom stereocenters. The molecule has 20 heavy (non-hydrogen) atoms. The summed E-state index contributed by atoms with van der Waals surface area (Å²) in [5, 5.41) is 6.90. The van der Waals surface area contributed by atoms with Gasteiger partial charge in [-0.25, -0.2) is 4.68 Å². The van der Waals surface area contributed by atoms with Gasteiger partial charge in [0.1, 0.15) is 5.02 Å². The fourth-order valence-corrected chi connectivity index (χ4v) is 1.58. The molecule has 0 atom stereocenters. The second-order valence-corrected chi connectivity index (χ2v) is 5.22. The van der Waals surface area contributed by atoms with Crippen molar-refractivity contribution >= 4 is 23.2 Å². The van der Waals surface area contributed by atoms with E-state index in [1.54, 1.807) is 14.1 Å². The molecule has 1 aromatic heterocycles. The van der Waals surface area contributed by atoms with Crippen molar-refractivity contribution in [1.82, 2.24) is 19.6 Å². The van der Waals surface area contributed by atoms with E-state index in [4.69, 9.17) is 11.6 Å². The number of rotatable bonds is 6. The number of aromatic nitrogens is 2. The van der Waals surface area contributed by atoms with Crippen molar-refractivity contribution in [3.8, 4) is 0 Å². The number of hydrogen-bond donors (Lipinski definition) is 1. The Morgan fingerprint density at radius 3 is 2.60 bits per heavy atom. The van der Waals surface area contributed by atoms with Gasteiger partial charge in [0, 0.05) is 20.6 Å². The van der Waals surface area contributed by atoms with E-state index in [9.17, 15) is 9.59 Å². The molecule has 0 fully saturated rings. The molecule has 112 valence electrons. The lowest BCUT2D eigenvalue weighted by Crippen LogP contribution is -2.31. The summed E-state index contributed by atoms with van der Waals surface area (Å²) < 4.78 is 1.31. The Morgan fingerprint density at radius 2 is 2.05 bits per heavy atom. The largest absolute Gasteiger partial charge is 0.373 e. The Hall–Kier alpha value is -1.60. The van der Waals surface area contributed by atoms with E-state index in [2.05, 4.69) is 10.4 Å². The van der Waals surface area contributed by atoms with Gasteiger partial charge >= 0.3 is 0 Å². The van der Waals surface area contributed by atoms with Crippen molar-refractivity contribution in [2.45, 2.75) is 6.54 Å². The van der Waals surface area contributed by atoms with Crippen LogP contribution in [-0.2, 0) is 11.3 Å². The molecule has 1 aromatic rings. The quantitative estimate of drug-likeness (QED) is 0.798. The van der Waals surface area contributed by atoms with Crippen molar-refractivity contribution in [3.05, 3.63) is 21.6 Å². The molecule has 0 aliphatic carbocycles. The van der Waals surface area contributed by atoms with Crippen LogP contribution < -0.4 is 10.9 Å². The maximum atomic E-state index is 12.0. The molecular formula is C12H20ClN5O2. The molecular weight excluding hydrogens is 282 g/mol. The average molecular weight is 302 g/mol. The highest BCUT2D eigenvalue weighted by molar-refractivity contribution is 6.33. The standard InChI is InChI=1S/C12H20ClN5O2/c1-16(2)5-6-18-12(20)11(13)9(7-15-18)14-8-10(19)17(3)4/h7,14H,5-6,8H2,1-4H3. The van der Waals surface area contributed by atoms with Crippen molar-refractivity contribution in [2.24, 2.45) is 0 Å². The molecule has 0 aromatic carbocycles. The SMILES string of the molecule is CN(C)CCn1ncc(NCC(=O)N(C)C)c(Cl)c1=O. The van der Waals surface area contributed by atoms with E-state index in [1.165, 1.54) is 15.8 Å². The molecule has 0 saturated carbocycles. The van der Waals surface area contributed by atoms with Crippen LogP contribution in [0.5, 0.6) is 0 Å². The number of carbonyl (C=O) groups is 1. The Bertz CT molecular complexity index is 527. The topological polar surface area (TPSA) is 70.5 Å². The van der Waals surface area contributed by atoms with E-state index in [1.807, 2.05) is 19.0 Å². The maximum Gasteiger partial charge on any atom is 0.287 e. The van der Waals surface area contributed by atoms with Crippen molar-refractivity contribution < 1.29 is 4.79 Å². The minimum absolute atomic E-state index is 0.0466. The summed E-state index contributed by atoms with van der Waals surface area (Å²) >= 11 is 6.00. The van der Waals surface area contributed by atoms with E-state index < -0.39 is 0 Å². The van der Waals surface area contributed by atoms with Gasteiger partial charge in [-0.15, -0.1) is 0 Å². The molecule has 1 N–H and O–H groups in total. The average Bonchev–Trinajstić information content (AvgIpc) is 2.38. The number of hydrogen-bond acceptors (Lipinski definition) is 5. The van der Waals surface area contributed by atoms with Gasteiger partial charge in [0.05, 0.1) is 25.0 Å². The molecule has 1 rings (SSSR count).